The summed E-state index contributed by atoms with van der Waals surface area (Å²) in [6.45, 7) is 5.59. The van der Waals surface area contributed by atoms with Crippen LogP contribution in [0.15, 0.2) is 29.2 Å². The summed E-state index contributed by atoms with van der Waals surface area (Å²) < 4.78 is 26.7. The second-order valence-corrected chi connectivity index (χ2v) is 7.62. The van der Waals surface area contributed by atoms with Crippen LogP contribution >= 0.6 is 0 Å². The normalized spacial score (nSPS) is 20.0. The molecule has 1 aromatic carbocycles. The van der Waals surface area contributed by atoms with Crippen molar-refractivity contribution in [3.05, 3.63) is 24.3 Å². The second-order valence-electron chi connectivity index (χ2n) is 5.91. The molecule has 1 saturated heterocycles. The van der Waals surface area contributed by atoms with Gasteiger partial charge in [-0.05, 0) is 56.9 Å². The van der Waals surface area contributed by atoms with Crippen LogP contribution in [-0.4, -0.2) is 39.3 Å². The second kappa shape index (κ2) is 6.77. The topological polar surface area (TPSA) is 69.6 Å². The van der Waals surface area contributed by atoms with Gasteiger partial charge in [0, 0.05) is 31.4 Å². The maximum Gasteiger partial charge on any atom is 0.240 e. The van der Waals surface area contributed by atoms with Gasteiger partial charge in [-0.25, -0.2) is 13.1 Å². The summed E-state index contributed by atoms with van der Waals surface area (Å²) in [4.78, 5) is 2.49. The number of anilines is 1. The van der Waals surface area contributed by atoms with Crippen LogP contribution in [0.5, 0.6) is 0 Å². The van der Waals surface area contributed by atoms with Crippen molar-refractivity contribution < 1.29 is 13.5 Å². The Labute approximate surface area is 127 Å². The Balaban J connectivity index is 2.12. The molecule has 0 aliphatic carbocycles. The summed E-state index contributed by atoms with van der Waals surface area (Å²) >= 11 is 0. The Bertz CT molecular complexity index is 555. The molecule has 5 nitrogen and oxygen atoms in total. The van der Waals surface area contributed by atoms with Gasteiger partial charge in [-0.3, -0.25) is 0 Å². The van der Waals surface area contributed by atoms with Gasteiger partial charge in [-0.15, -0.1) is 0 Å². The first-order valence-corrected chi connectivity index (χ1v) is 8.89. The van der Waals surface area contributed by atoms with E-state index in [-0.39, 0.29) is 17.5 Å². The Morgan fingerprint density at radius 3 is 2.57 bits per heavy atom. The van der Waals surface area contributed by atoms with E-state index in [9.17, 15) is 13.5 Å². The third-order valence-corrected chi connectivity index (χ3v) is 5.35. The standard InChI is InChI=1S/C15H24N2O3S/c1-12(2)16-21(19,20)15-7-5-14(6-8-15)17-9-3-4-13(10-17)11-18/h5-8,12-13,16,18H,3-4,9-11H2,1-2H3. The number of nitrogens with zero attached hydrogens (tertiary/aromatic N) is 1. The molecule has 0 aromatic heterocycles. The van der Waals surface area contributed by atoms with Gasteiger partial charge < -0.3 is 10.0 Å². The lowest BCUT2D eigenvalue weighted by atomic mass is 9.98. The molecule has 0 saturated carbocycles. The van der Waals surface area contributed by atoms with Gasteiger partial charge in [0.25, 0.3) is 0 Å². The molecule has 0 bridgehead atoms. The van der Waals surface area contributed by atoms with E-state index in [1.54, 1.807) is 26.0 Å². The molecule has 0 radical (unpaired) electrons. The van der Waals surface area contributed by atoms with Crippen molar-refractivity contribution in [3.63, 3.8) is 0 Å². The number of piperidine rings is 1. The van der Waals surface area contributed by atoms with Crippen LogP contribution in [0.25, 0.3) is 0 Å². The van der Waals surface area contributed by atoms with E-state index >= 15 is 0 Å². The lowest BCUT2D eigenvalue weighted by Crippen LogP contribution is -2.36. The van der Waals surface area contributed by atoms with Crippen LogP contribution in [0, 0.1) is 5.92 Å². The van der Waals surface area contributed by atoms with Crippen molar-refractivity contribution >= 4 is 15.7 Å². The predicted molar refractivity (Wildman–Crippen MR) is 83.9 cm³/mol. The minimum atomic E-state index is -3.43. The fourth-order valence-corrected chi connectivity index (χ4v) is 3.91. The highest BCUT2D eigenvalue weighted by molar-refractivity contribution is 7.89. The zero-order valence-electron chi connectivity index (χ0n) is 12.6. The molecule has 0 spiro atoms. The number of hydrogen-bond donors (Lipinski definition) is 2. The smallest absolute Gasteiger partial charge is 0.240 e. The SMILES string of the molecule is CC(C)NS(=O)(=O)c1ccc(N2CCCC(CO)C2)cc1. The highest BCUT2D eigenvalue weighted by Gasteiger charge is 2.20. The predicted octanol–water partition coefficient (Wildman–Crippen LogP) is 1.58. The molecule has 1 aromatic rings. The Hall–Kier alpha value is -1.11. The minimum absolute atomic E-state index is 0.123. The maximum absolute atomic E-state index is 12.1. The van der Waals surface area contributed by atoms with E-state index in [1.165, 1.54) is 0 Å². The quantitative estimate of drug-likeness (QED) is 0.866. The molecule has 6 heteroatoms. The molecular formula is C15H24N2O3S. The lowest BCUT2D eigenvalue weighted by Gasteiger charge is -2.33. The zero-order chi connectivity index (χ0) is 15.5. The molecule has 2 rings (SSSR count). The number of nitrogens with one attached hydrogen (secondary N) is 1. The first kappa shape index (κ1) is 16.3. The van der Waals surface area contributed by atoms with Crippen molar-refractivity contribution in [2.24, 2.45) is 5.92 Å². The highest BCUT2D eigenvalue weighted by Crippen LogP contribution is 2.24. The Morgan fingerprint density at radius 1 is 1.33 bits per heavy atom. The number of sulfonamides is 1. The number of benzene rings is 1. The number of hydrogen-bond acceptors (Lipinski definition) is 4. The minimum Gasteiger partial charge on any atom is -0.396 e. The van der Waals surface area contributed by atoms with E-state index in [0.717, 1.165) is 31.6 Å². The van der Waals surface area contributed by atoms with Crippen molar-refractivity contribution in [3.8, 4) is 0 Å². The summed E-state index contributed by atoms with van der Waals surface area (Å²) in [7, 11) is -3.43. The van der Waals surface area contributed by atoms with E-state index in [4.69, 9.17) is 0 Å². The molecule has 1 unspecified atom stereocenters. The fourth-order valence-electron chi connectivity index (χ4n) is 2.66. The number of aliphatic hydroxyl groups is 1. The van der Waals surface area contributed by atoms with Crippen molar-refractivity contribution in [2.75, 3.05) is 24.6 Å². The molecule has 1 atom stereocenters. The van der Waals surface area contributed by atoms with Gasteiger partial charge in [0.05, 0.1) is 4.90 Å². The van der Waals surface area contributed by atoms with E-state index in [2.05, 4.69) is 9.62 Å². The first-order chi connectivity index (χ1) is 9.92. The van der Waals surface area contributed by atoms with E-state index in [0.29, 0.717) is 5.92 Å². The van der Waals surface area contributed by atoms with Gasteiger partial charge in [-0.2, -0.15) is 0 Å². The van der Waals surface area contributed by atoms with Gasteiger partial charge in [0.1, 0.15) is 0 Å². The van der Waals surface area contributed by atoms with Crippen molar-refractivity contribution in [1.29, 1.82) is 0 Å². The fraction of sp³-hybridized carbons (Fsp3) is 0.600. The average Bonchev–Trinajstić information content (AvgIpc) is 2.46. The van der Waals surface area contributed by atoms with Gasteiger partial charge >= 0.3 is 0 Å². The average molecular weight is 312 g/mol. The molecule has 1 fully saturated rings. The monoisotopic (exact) mass is 312 g/mol. The first-order valence-electron chi connectivity index (χ1n) is 7.40. The van der Waals surface area contributed by atoms with Crippen LogP contribution in [-0.2, 0) is 10.0 Å². The van der Waals surface area contributed by atoms with Crippen molar-refractivity contribution in [1.82, 2.24) is 4.72 Å². The molecule has 118 valence electrons. The molecule has 0 amide bonds. The Kier molecular flexibility index (Phi) is 5.24. The largest absolute Gasteiger partial charge is 0.396 e. The summed E-state index contributed by atoms with van der Waals surface area (Å²) in [5.41, 5.74) is 1.01. The highest BCUT2D eigenvalue weighted by atomic mass is 32.2. The summed E-state index contributed by atoms with van der Waals surface area (Å²) in [6, 6.07) is 6.84. The van der Waals surface area contributed by atoms with Gasteiger partial charge in [0.2, 0.25) is 10.0 Å². The maximum atomic E-state index is 12.1. The molecule has 21 heavy (non-hydrogen) atoms. The van der Waals surface area contributed by atoms with Crippen LogP contribution in [0.2, 0.25) is 0 Å². The van der Waals surface area contributed by atoms with E-state index < -0.39 is 10.0 Å². The molecule has 1 aliphatic heterocycles. The van der Waals surface area contributed by atoms with E-state index in [1.807, 2.05) is 12.1 Å². The van der Waals surface area contributed by atoms with Crippen LogP contribution in [0.4, 0.5) is 5.69 Å². The lowest BCUT2D eigenvalue weighted by molar-refractivity contribution is 0.209. The van der Waals surface area contributed by atoms with Crippen molar-refractivity contribution in [2.45, 2.75) is 37.6 Å². The zero-order valence-corrected chi connectivity index (χ0v) is 13.4. The summed E-state index contributed by atoms with van der Waals surface area (Å²) in [5.74, 6) is 0.310. The Morgan fingerprint density at radius 2 is 2.00 bits per heavy atom. The molecule has 1 heterocycles. The summed E-state index contributed by atoms with van der Waals surface area (Å²) in [5, 5.41) is 9.28. The van der Waals surface area contributed by atoms with Crippen LogP contribution in [0.3, 0.4) is 0 Å². The number of rotatable bonds is 5. The third-order valence-electron chi connectivity index (χ3n) is 3.68. The molecule has 1 aliphatic rings. The van der Waals surface area contributed by atoms with Gasteiger partial charge in [0.15, 0.2) is 0 Å². The summed E-state index contributed by atoms with van der Waals surface area (Å²) in [6.07, 6.45) is 2.11. The molecule has 2 N–H and O–H groups in total. The van der Waals surface area contributed by atoms with Crippen LogP contribution < -0.4 is 9.62 Å². The van der Waals surface area contributed by atoms with Crippen LogP contribution in [0.1, 0.15) is 26.7 Å². The molecular weight excluding hydrogens is 288 g/mol. The number of aliphatic hydroxyl groups excluding tert-OH is 1. The van der Waals surface area contributed by atoms with Gasteiger partial charge in [-0.1, -0.05) is 0 Å². The third kappa shape index (κ3) is 4.18.